The highest BCUT2D eigenvalue weighted by molar-refractivity contribution is 6.10. The maximum atomic E-state index is 8.18. The van der Waals surface area contributed by atoms with Gasteiger partial charge in [-0.05, 0) is 81.9 Å². The lowest BCUT2D eigenvalue weighted by molar-refractivity contribution is 0.250. The van der Waals surface area contributed by atoms with Gasteiger partial charge >= 0.3 is 0 Å². The number of nitrogens with one attached hydrogen (secondary N) is 2. The summed E-state index contributed by atoms with van der Waals surface area (Å²) in [5, 5.41) is 17.0. The van der Waals surface area contributed by atoms with Crippen LogP contribution in [0.1, 0.15) is 47.9 Å². The maximum Gasteiger partial charge on any atom is 0.0953 e. The van der Waals surface area contributed by atoms with E-state index in [1.165, 1.54) is 23.6 Å². The van der Waals surface area contributed by atoms with Gasteiger partial charge in [0.05, 0.1) is 16.9 Å². The number of hydrogen-bond donors (Lipinski definition) is 4. The Hall–Kier alpha value is -3.45. The fourth-order valence-corrected chi connectivity index (χ4v) is 5.84. The Morgan fingerprint density at radius 3 is 2.34 bits per heavy atom. The van der Waals surface area contributed by atoms with Gasteiger partial charge < -0.3 is 32.1 Å². The first kappa shape index (κ1) is 23.3. The molecule has 0 saturated carbocycles. The van der Waals surface area contributed by atoms with E-state index in [2.05, 4.69) is 23.9 Å². The van der Waals surface area contributed by atoms with Crippen molar-refractivity contribution < 1.29 is 0 Å². The second-order valence-electron chi connectivity index (χ2n) is 10.1. The van der Waals surface area contributed by atoms with Gasteiger partial charge in [-0.1, -0.05) is 6.07 Å². The minimum absolute atomic E-state index is 0.585. The zero-order valence-electron chi connectivity index (χ0n) is 20.7. The van der Waals surface area contributed by atoms with Gasteiger partial charge in [0.1, 0.15) is 0 Å². The molecule has 0 spiro atoms. The van der Waals surface area contributed by atoms with Crippen molar-refractivity contribution in [3.63, 3.8) is 0 Å². The van der Waals surface area contributed by atoms with E-state index in [0.717, 1.165) is 85.0 Å². The molecule has 35 heavy (non-hydrogen) atoms. The van der Waals surface area contributed by atoms with E-state index < -0.39 is 0 Å². The number of nitrogens with zero attached hydrogens (tertiary/aromatic N) is 3. The zero-order chi connectivity index (χ0) is 24.7. The summed E-state index contributed by atoms with van der Waals surface area (Å²) in [7, 11) is 4.31. The maximum absolute atomic E-state index is 8.18. The van der Waals surface area contributed by atoms with E-state index in [9.17, 15) is 0 Å². The average Bonchev–Trinajstić information content (AvgIpc) is 2.88. The smallest absolute Gasteiger partial charge is 0.0953 e. The van der Waals surface area contributed by atoms with E-state index >= 15 is 0 Å². The summed E-state index contributed by atoms with van der Waals surface area (Å²) in [5.41, 5.74) is 21.9. The molecule has 3 aromatic rings. The van der Waals surface area contributed by atoms with Crippen LogP contribution in [0, 0.1) is 10.8 Å². The Morgan fingerprint density at radius 2 is 1.69 bits per heavy atom. The lowest BCUT2D eigenvalue weighted by Crippen LogP contribution is -2.42. The molecule has 2 aliphatic rings. The van der Waals surface area contributed by atoms with E-state index in [4.69, 9.17) is 27.3 Å². The predicted octanol–water partition coefficient (Wildman–Crippen LogP) is 4.47. The van der Waals surface area contributed by atoms with Crippen molar-refractivity contribution in [2.75, 3.05) is 43.6 Å². The molecule has 7 heteroatoms. The van der Waals surface area contributed by atoms with Crippen molar-refractivity contribution in [1.29, 1.82) is 10.8 Å². The largest absolute Gasteiger partial charge is 0.398 e. The van der Waals surface area contributed by atoms with Crippen LogP contribution in [0.4, 0.5) is 17.1 Å². The molecule has 182 valence electrons. The van der Waals surface area contributed by atoms with Crippen molar-refractivity contribution in [3.8, 4) is 11.3 Å². The molecule has 0 atom stereocenters. The molecular formula is C28H35N7. The van der Waals surface area contributed by atoms with Crippen molar-refractivity contribution >= 4 is 40.4 Å². The zero-order valence-corrected chi connectivity index (χ0v) is 20.7. The van der Waals surface area contributed by atoms with Gasteiger partial charge in [0, 0.05) is 65.0 Å². The first-order valence-corrected chi connectivity index (χ1v) is 12.5. The van der Waals surface area contributed by atoms with Crippen LogP contribution in [0.3, 0.4) is 0 Å². The SMILES string of the molecule is CN(C)C1CCN(c2cc(N)c(C=N)c3c4c(c(-c5ccc(N)c(C=N)c5)nc23)CCCC4)CC1. The molecule has 0 radical (unpaired) electrons. The summed E-state index contributed by atoms with van der Waals surface area (Å²) in [6, 6.07) is 8.47. The fourth-order valence-electron chi connectivity index (χ4n) is 5.84. The van der Waals surface area contributed by atoms with Crippen LogP contribution < -0.4 is 16.4 Å². The second kappa shape index (κ2) is 9.30. The summed E-state index contributed by atoms with van der Waals surface area (Å²) in [4.78, 5) is 10.1. The summed E-state index contributed by atoms with van der Waals surface area (Å²) >= 11 is 0. The number of rotatable bonds is 5. The third-order valence-electron chi connectivity index (χ3n) is 7.83. The van der Waals surface area contributed by atoms with Gasteiger partial charge in [0.15, 0.2) is 0 Å². The summed E-state index contributed by atoms with van der Waals surface area (Å²) in [6.07, 6.45) is 9.04. The average molecular weight is 470 g/mol. The van der Waals surface area contributed by atoms with Crippen molar-refractivity contribution in [3.05, 3.63) is 46.5 Å². The molecule has 0 unspecified atom stereocenters. The van der Waals surface area contributed by atoms with Crippen LogP contribution in [-0.4, -0.2) is 55.5 Å². The molecule has 0 bridgehead atoms. The second-order valence-corrected chi connectivity index (χ2v) is 10.1. The summed E-state index contributed by atoms with van der Waals surface area (Å²) in [5.74, 6) is 0. The van der Waals surface area contributed by atoms with Gasteiger partial charge in [-0.2, -0.15) is 0 Å². The third kappa shape index (κ3) is 4.04. The van der Waals surface area contributed by atoms with Crippen LogP contribution in [0.2, 0.25) is 0 Å². The number of aryl methyl sites for hydroxylation is 1. The fraction of sp³-hybridized carbons (Fsp3) is 0.393. The summed E-state index contributed by atoms with van der Waals surface area (Å²) < 4.78 is 0. The number of nitrogens with two attached hydrogens (primary N) is 2. The number of pyridine rings is 1. The molecule has 6 N–H and O–H groups in total. The highest BCUT2D eigenvalue weighted by Crippen LogP contribution is 2.42. The van der Waals surface area contributed by atoms with Crippen LogP contribution in [0.15, 0.2) is 24.3 Å². The van der Waals surface area contributed by atoms with E-state index in [1.54, 1.807) is 0 Å². The monoisotopic (exact) mass is 469 g/mol. The Morgan fingerprint density at radius 1 is 0.971 bits per heavy atom. The topological polar surface area (TPSA) is 119 Å². The number of piperidine rings is 1. The van der Waals surface area contributed by atoms with Gasteiger partial charge in [0.25, 0.3) is 0 Å². The normalized spacial score (nSPS) is 16.5. The molecule has 2 aromatic carbocycles. The lowest BCUT2D eigenvalue weighted by atomic mass is 9.84. The van der Waals surface area contributed by atoms with Crippen molar-refractivity contribution in [1.82, 2.24) is 9.88 Å². The van der Waals surface area contributed by atoms with Crippen LogP contribution in [0.5, 0.6) is 0 Å². The van der Waals surface area contributed by atoms with Gasteiger partial charge in [-0.15, -0.1) is 0 Å². The van der Waals surface area contributed by atoms with Crippen LogP contribution in [0.25, 0.3) is 22.2 Å². The molecule has 1 aliphatic heterocycles. The highest BCUT2D eigenvalue weighted by Gasteiger charge is 2.27. The molecule has 5 rings (SSSR count). The Labute approximate surface area is 207 Å². The Bertz CT molecular complexity index is 1300. The number of aromatic nitrogens is 1. The molecular weight excluding hydrogens is 434 g/mol. The minimum Gasteiger partial charge on any atom is -0.398 e. The third-order valence-corrected chi connectivity index (χ3v) is 7.83. The van der Waals surface area contributed by atoms with E-state index in [1.807, 2.05) is 24.3 Å². The van der Waals surface area contributed by atoms with Gasteiger partial charge in [0.2, 0.25) is 0 Å². The number of hydrogen-bond acceptors (Lipinski definition) is 7. The Kier molecular flexibility index (Phi) is 6.19. The van der Waals surface area contributed by atoms with Crippen LogP contribution in [-0.2, 0) is 12.8 Å². The van der Waals surface area contributed by atoms with Gasteiger partial charge in [-0.3, -0.25) is 0 Å². The first-order valence-electron chi connectivity index (χ1n) is 12.5. The minimum atomic E-state index is 0.585. The van der Waals surface area contributed by atoms with Crippen molar-refractivity contribution in [2.45, 2.75) is 44.6 Å². The number of benzene rings is 2. The molecule has 1 aromatic heterocycles. The van der Waals surface area contributed by atoms with Crippen LogP contribution >= 0.6 is 0 Å². The van der Waals surface area contributed by atoms with Crippen molar-refractivity contribution in [2.24, 2.45) is 0 Å². The Balaban J connectivity index is 1.76. The molecule has 2 heterocycles. The molecule has 1 aliphatic carbocycles. The number of fused-ring (bicyclic) bond motifs is 3. The lowest BCUT2D eigenvalue weighted by Gasteiger charge is -2.37. The van der Waals surface area contributed by atoms with E-state index in [0.29, 0.717) is 23.0 Å². The molecule has 0 amide bonds. The van der Waals surface area contributed by atoms with E-state index in [-0.39, 0.29) is 0 Å². The first-order chi connectivity index (χ1) is 16.9. The molecule has 1 fully saturated rings. The van der Waals surface area contributed by atoms with Gasteiger partial charge in [-0.25, -0.2) is 4.98 Å². The predicted molar refractivity (Wildman–Crippen MR) is 147 cm³/mol. The standard InChI is InChI=1S/C28H35N7/c1-34(2)19-9-11-35(12-10-19)25-14-24(32)22(16-30)26-20-5-3-4-6-21(20)27(33-28(25)26)17-7-8-23(31)18(13-17)15-29/h7-8,13-16,19,29-30H,3-6,9-12,31-32H2,1-2H3. The number of anilines is 3. The molecule has 1 saturated heterocycles. The highest BCUT2D eigenvalue weighted by atomic mass is 15.2. The quantitative estimate of drug-likeness (QED) is 0.325. The number of nitrogen functional groups attached to an aromatic ring is 2. The molecule has 7 nitrogen and oxygen atoms in total. The summed E-state index contributed by atoms with van der Waals surface area (Å²) in [6.45, 7) is 1.91.